The van der Waals surface area contributed by atoms with E-state index in [9.17, 15) is 4.79 Å². The van der Waals surface area contributed by atoms with Gasteiger partial charge in [-0.15, -0.1) is 0 Å². The van der Waals surface area contributed by atoms with E-state index < -0.39 is 0 Å². The number of benzene rings is 1. The van der Waals surface area contributed by atoms with E-state index >= 15 is 0 Å². The van der Waals surface area contributed by atoms with Crippen molar-refractivity contribution in [2.45, 2.75) is 58.0 Å². The van der Waals surface area contributed by atoms with Crippen LogP contribution in [0.25, 0.3) is 0 Å². The van der Waals surface area contributed by atoms with Crippen molar-refractivity contribution >= 4 is 6.09 Å². The van der Waals surface area contributed by atoms with Gasteiger partial charge in [-0.25, -0.2) is 4.79 Å². The summed E-state index contributed by atoms with van der Waals surface area (Å²) < 4.78 is 11.5. The van der Waals surface area contributed by atoms with Crippen LogP contribution in [0.4, 0.5) is 4.79 Å². The van der Waals surface area contributed by atoms with Gasteiger partial charge >= 0.3 is 6.09 Å². The topological polar surface area (TPSA) is 47.6 Å². The van der Waals surface area contributed by atoms with Crippen LogP contribution in [0, 0.1) is 11.8 Å². The first kappa shape index (κ1) is 15.3. The van der Waals surface area contributed by atoms with Crippen molar-refractivity contribution < 1.29 is 14.3 Å². The summed E-state index contributed by atoms with van der Waals surface area (Å²) in [6.45, 7) is 6.53. The van der Waals surface area contributed by atoms with Gasteiger partial charge in [0, 0.05) is 17.4 Å². The molecule has 0 spiro atoms. The Morgan fingerprint density at radius 2 is 1.82 bits per heavy atom. The van der Waals surface area contributed by atoms with Gasteiger partial charge in [0.1, 0.15) is 6.10 Å². The van der Waals surface area contributed by atoms with Crippen molar-refractivity contribution in [3.8, 4) is 0 Å². The summed E-state index contributed by atoms with van der Waals surface area (Å²) in [6.07, 6.45) is 2.11. The third kappa shape index (κ3) is 3.80. The number of hydrogen-bond donors (Lipinski definition) is 1. The molecule has 1 aromatic rings. The average Bonchev–Trinajstić information content (AvgIpc) is 2.89. The average molecular weight is 303 g/mol. The molecule has 1 aromatic carbocycles. The summed E-state index contributed by atoms with van der Waals surface area (Å²) in [5, 5.41) is 2.85. The Labute approximate surface area is 132 Å². The van der Waals surface area contributed by atoms with E-state index in [-0.39, 0.29) is 17.7 Å². The van der Waals surface area contributed by atoms with Gasteiger partial charge in [-0.1, -0.05) is 30.3 Å². The Bertz CT molecular complexity index is 511. The molecule has 0 saturated heterocycles. The Balaban J connectivity index is 1.38. The SMILES string of the molecule is CC(C)(C)NC(=O)OC1C2CC(OCc3ccccc3)CC21. The molecular weight excluding hydrogens is 278 g/mol. The first-order valence-electron chi connectivity index (χ1n) is 8.07. The summed E-state index contributed by atoms with van der Waals surface area (Å²) in [6, 6.07) is 10.2. The maximum atomic E-state index is 11.8. The number of amides is 1. The lowest BCUT2D eigenvalue weighted by Crippen LogP contribution is -2.41. The van der Waals surface area contributed by atoms with Gasteiger partial charge in [0.15, 0.2) is 0 Å². The van der Waals surface area contributed by atoms with Crippen molar-refractivity contribution in [2.24, 2.45) is 11.8 Å². The van der Waals surface area contributed by atoms with Crippen LogP contribution >= 0.6 is 0 Å². The highest BCUT2D eigenvalue weighted by Crippen LogP contribution is 2.54. The fourth-order valence-corrected chi connectivity index (χ4v) is 3.29. The van der Waals surface area contributed by atoms with Crippen LogP contribution in [0.2, 0.25) is 0 Å². The summed E-state index contributed by atoms with van der Waals surface area (Å²) in [7, 11) is 0. The molecule has 1 amide bonds. The monoisotopic (exact) mass is 303 g/mol. The number of ether oxygens (including phenoxy) is 2. The summed E-state index contributed by atoms with van der Waals surface area (Å²) in [5.41, 5.74) is 0.961. The molecule has 22 heavy (non-hydrogen) atoms. The Hall–Kier alpha value is -1.55. The molecule has 1 N–H and O–H groups in total. The van der Waals surface area contributed by atoms with Crippen LogP contribution in [0.3, 0.4) is 0 Å². The second kappa shape index (κ2) is 5.92. The van der Waals surface area contributed by atoms with Crippen molar-refractivity contribution in [1.29, 1.82) is 0 Å². The maximum absolute atomic E-state index is 11.8. The normalized spacial score (nSPS) is 29.8. The van der Waals surface area contributed by atoms with Gasteiger partial charge in [0.25, 0.3) is 0 Å². The van der Waals surface area contributed by atoms with Crippen molar-refractivity contribution in [3.05, 3.63) is 35.9 Å². The molecular formula is C18H25NO3. The van der Waals surface area contributed by atoms with Crippen LogP contribution in [-0.2, 0) is 16.1 Å². The van der Waals surface area contributed by atoms with Gasteiger partial charge in [-0.05, 0) is 39.2 Å². The number of carbonyl (C=O) groups excluding carboxylic acids is 1. The second-order valence-electron chi connectivity index (χ2n) is 7.46. The molecule has 2 fully saturated rings. The largest absolute Gasteiger partial charge is 0.446 e. The zero-order chi connectivity index (χ0) is 15.7. The molecule has 0 aromatic heterocycles. The molecule has 2 aliphatic carbocycles. The summed E-state index contributed by atoms with van der Waals surface area (Å²) >= 11 is 0. The second-order valence-corrected chi connectivity index (χ2v) is 7.46. The van der Waals surface area contributed by atoms with E-state index in [0.717, 1.165) is 12.8 Å². The van der Waals surface area contributed by atoms with Crippen LogP contribution in [0.15, 0.2) is 30.3 Å². The third-order valence-electron chi connectivity index (χ3n) is 4.37. The lowest BCUT2D eigenvalue weighted by molar-refractivity contribution is 0.0240. The van der Waals surface area contributed by atoms with Crippen LogP contribution in [-0.4, -0.2) is 23.8 Å². The molecule has 0 radical (unpaired) electrons. The molecule has 2 unspecified atom stereocenters. The van der Waals surface area contributed by atoms with Gasteiger partial charge in [0.2, 0.25) is 0 Å². The fourth-order valence-electron chi connectivity index (χ4n) is 3.29. The van der Waals surface area contributed by atoms with E-state index in [1.807, 2.05) is 39.0 Å². The predicted octanol–water partition coefficient (Wildman–Crippen LogP) is 3.50. The smallest absolute Gasteiger partial charge is 0.407 e. The van der Waals surface area contributed by atoms with E-state index in [1.165, 1.54) is 5.56 Å². The minimum Gasteiger partial charge on any atom is -0.446 e. The first-order valence-corrected chi connectivity index (χ1v) is 8.07. The number of fused-ring (bicyclic) bond motifs is 1. The number of rotatable bonds is 4. The molecule has 4 heteroatoms. The highest BCUT2D eigenvalue weighted by atomic mass is 16.6. The summed E-state index contributed by atoms with van der Waals surface area (Å²) in [4.78, 5) is 11.8. The molecule has 0 bridgehead atoms. The van der Waals surface area contributed by atoms with Crippen LogP contribution in [0.1, 0.15) is 39.2 Å². The van der Waals surface area contributed by atoms with Crippen LogP contribution in [0.5, 0.6) is 0 Å². The zero-order valence-electron chi connectivity index (χ0n) is 13.5. The zero-order valence-corrected chi connectivity index (χ0v) is 13.5. The van der Waals surface area contributed by atoms with E-state index in [1.54, 1.807) is 0 Å². The van der Waals surface area contributed by atoms with Gasteiger partial charge in [0.05, 0.1) is 12.7 Å². The fraction of sp³-hybridized carbons (Fsp3) is 0.611. The standard InChI is InChI=1S/C18H25NO3/c1-18(2,3)19-17(20)22-16-14-9-13(10-15(14)16)21-11-12-7-5-4-6-8-12/h4-8,13-16H,9-11H2,1-3H3,(H,19,20). The molecule has 4 nitrogen and oxygen atoms in total. The predicted molar refractivity (Wildman–Crippen MR) is 84.4 cm³/mol. The number of alkyl carbamates (subject to hydrolysis) is 1. The molecule has 120 valence electrons. The summed E-state index contributed by atoms with van der Waals surface area (Å²) in [5.74, 6) is 0.984. The van der Waals surface area contributed by atoms with Crippen molar-refractivity contribution in [2.75, 3.05) is 0 Å². The molecule has 3 rings (SSSR count). The minimum atomic E-state index is -0.298. The molecule has 2 atom stereocenters. The molecule has 0 aliphatic heterocycles. The van der Waals surface area contributed by atoms with E-state index in [4.69, 9.17) is 9.47 Å². The highest BCUT2D eigenvalue weighted by molar-refractivity contribution is 5.68. The van der Waals surface area contributed by atoms with Gasteiger partial charge in [-0.3, -0.25) is 0 Å². The lowest BCUT2D eigenvalue weighted by atomic mass is 10.1. The van der Waals surface area contributed by atoms with Crippen LogP contribution < -0.4 is 5.32 Å². The van der Waals surface area contributed by atoms with Gasteiger partial charge in [-0.2, -0.15) is 0 Å². The molecule has 0 heterocycles. The Morgan fingerprint density at radius 1 is 1.18 bits per heavy atom. The quantitative estimate of drug-likeness (QED) is 0.926. The number of nitrogens with one attached hydrogen (secondary N) is 1. The van der Waals surface area contributed by atoms with Gasteiger partial charge < -0.3 is 14.8 Å². The van der Waals surface area contributed by atoms with Crippen molar-refractivity contribution in [3.63, 3.8) is 0 Å². The van der Waals surface area contributed by atoms with Crippen molar-refractivity contribution in [1.82, 2.24) is 5.32 Å². The number of hydrogen-bond acceptors (Lipinski definition) is 3. The molecule has 2 aliphatic rings. The minimum absolute atomic E-state index is 0.0962. The lowest BCUT2D eigenvalue weighted by Gasteiger charge is -2.21. The number of carbonyl (C=O) groups is 1. The first-order chi connectivity index (χ1) is 10.4. The van der Waals surface area contributed by atoms with E-state index in [2.05, 4.69) is 17.4 Å². The Morgan fingerprint density at radius 3 is 2.41 bits per heavy atom. The Kier molecular flexibility index (Phi) is 4.13. The third-order valence-corrected chi connectivity index (χ3v) is 4.37. The maximum Gasteiger partial charge on any atom is 0.407 e. The van der Waals surface area contributed by atoms with E-state index in [0.29, 0.717) is 24.5 Å². The molecule has 2 saturated carbocycles. The highest BCUT2D eigenvalue weighted by Gasteiger charge is 2.59.